The van der Waals surface area contributed by atoms with Gasteiger partial charge in [0.1, 0.15) is 23.6 Å². The normalized spacial score (nSPS) is 18.3. The number of hydrogen-bond donors (Lipinski definition) is 2. The number of ether oxygens (including phenoxy) is 1. The lowest BCUT2D eigenvalue weighted by Crippen LogP contribution is -2.51. The number of nitrogens with zero attached hydrogens (tertiary/aromatic N) is 4. The zero-order valence-electron chi connectivity index (χ0n) is 21.9. The summed E-state index contributed by atoms with van der Waals surface area (Å²) in [6.45, 7) is 1.51. The van der Waals surface area contributed by atoms with Gasteiger partial charge in [0.25, 0.3) is 0 Å². The van der Waals surface area contributed by atoms with E-state index in [9.17, 15) is 18.0 Å². The third-order valence-corrected chi connectivity index (χ3v) is 7.13. The number of carboxylic acid groups (broad SMARTS) is 1. The van der Waals surface area contributed by atoms with Crippen molar-refractivity contribution in [2.75, 3.05) is 24.6 Å². The zero-order valence-corrected chi connectivity index (χ0v) is 22.6. The average molecular weight is 592 g/mol. The van der Waals surface area contributed by atoms with Crippen LogP contribution in [-0.4, -0.2) is 64.0 Å². The molecule has 2 aliphatic rings. The Hall–Kier alpha value is -3.77. The van der Waals surface area contributed by atoms with Gasteiger partial charge in [0.05, 0.1) is 11.8 Å². The van der Waals surface area contributed by atoms with E-state index in [2.05, 4.69) is 25.2 Å². The minimum atomic E-state index is -4.00. The number of pyridine rings is 1. The van der Waals surface area contributed by atoms with Gasteiger partial charge in [-0.3, -0.25) is 9.78 Å². The highest BCUT2D eigenvalue weighted by atomic mass is 35.5. The van der Waals surface area contributed by atoms with E-state index in [1.54, 1.807) is 18.3 Å². The molecule has 0 amide bonds. The molecule has 2 saturated heterocycles. The van der Waals surface area contributed by atoms with E-state index in [1.807, 2.05) is 24.3 Å². The van der Waals surface area contributed by atoms with Crippen LogP contribution in [0.2, 0.25) is 5.02 Å². The van der Waals surface area contributed by atoms with Crippen LogP contribution in [0, 0.1) is 5.82 Å². The molecule has 2 fully saturated rings. The number of halogens is 5. The maximum absolute atomic E-state index is 16.2. The van der Waals surface area contributed by atoms with E-state index < -0.39 is 18.0 Å². The Labute approximate surface area is 237 Å². The monoisotopic (exact) mass is 591 g/mol. The van der Waals surface area contributed by atoms with Gasteiger partial charge in [-0.1, -0.05) is 41.9 Å². The third-order valence-electron chi connectivity index (χ3n) is 6.82. The number of hydrogen-bond acceptors (Lipinski definition) is 7. The number of rotatable bonds is 6. The highest BCUT2D eigenvalue weighted by Gasteiger charge is 2.34. The molecule has 2 aromatic heterocycles. The van der Waals surface area contributed by atoms with Gasteiger partial charge < -0.3 is 20.1 Å². The van der Waals surface area contributed by atoms with E-state index >= 15 is 4.39 Å². The molecule has 2 aromatic carbocycles. The summed E-state index contributed by atoms with van der Waals surface area (Å²) >= 11 is 6.49. The molecule has 216 valence electrons. The molecule has 4 aromatic rings. The predicted molar refractivity (Wildman–Crippen MR) is 147 cm³/mol. The van der Waals surface area contributed by atoms with Crippen LogP contribution in [0.15, 0.2) is 42.6 Å². The SMILES string of the molecule is CC(F)(F)F.O=C(O)CCOc1nc(N2CC3CCC(C2)N3)c2cnc(-c3cccc4cccc(Cl)c34)c(F)c2n1. The first-order chi connectivity index (χ1) is 19.5. The number of aliphatic carboxylic acids is 1. The molecule has 0 aliphatic carbocycles. The van der Waals surface area contributed by atoms with Crippen molar-refractivity contribution < 1.29 is 32.2 Å². The Balaban J connectivity index is 0.000000623. The van der Waals surface area contributed by atoms with Crippen LogP contribution >= 0.6 is 11.6 Å². The highest BCUT2D eigenvalue weighted by Crippen LogP contribution is 2.38. The van der Waals surface area contributed by atoms with Crippen molar-refractivity contribution in [3.8, 4) is 17.3 Å². The lowest BCUT2D eigenvalue weighted by molar-refractivity contribution is -0.137. The van der Waals surface area contributed by atoms with Gasteiger partial charge in [-0.2, -0.15) is 23.1 Å². The quantitative estimate of drug-likeness (QED) is 0.263. The molecule has 0 spiro atoms. The fourth-order valence-corrected chi connectivity index (χ4v) is 5.49. The van der Waals surface area contributed by atoms with Crippen LogP contribution in [0.25, 0.3) is 32.9 Å². The van der Waals surface area contributed by atoms with Crippen molar-refractivity contribution >= 4 is 45.1 Å². The molecule has 2 N–H and O–H groups in total. The number of nitrogens with one attached hydrogen (secondary N) is 1. The van der Waals surface area contributed by atoms with Crippen molar-refractivity contribution in [3.05, 3.63) is 53.4 Å². The van der Waals surface area contributed by atoms with Crippen molar-refractivity contribution in [1.82, 2.24) is 20.3 Å². The maximum Gasteiger partial charge on any atom is 0.386 e. The average Bonchev–Trinajstić information content (AvgIpc) is 3.24. The fourth-order valence-electron chi connectivity index (χ4n) is 5.21. The Morgan fingerprint density at radius 2 is 1.80 bits per heavy atom. The molecule has 2 atom stereocenters. The number of piperazine rings is 1. The molecule has 4 heterocycles. The summed E-state index contributed by atoms with van der Waals surface area (Å²) in [5.41, 5.74) is 0.763. The minimum Gasteiger partial charge on any atom is -0.481 e. The number of carbonyl (C=O) groups is 1. The van der Waals surface area contributed by atoms with Gasteiger partial charge in [0.15, 0.2) is 5.82 Å². The summed E-state index contributed by atoms with van der Waals surface area (Å²) < 4.78 is 52.8. The van der Waals surface area contributed by atoms with Crippen LogP contribution in [-0.2, 0) is 4.79 Å². The molecule has 13 heteroatoms. The van der Waals surface area contributed by atoms with E-state index in [0.29, 0.717) is 39.3 Å². The number of carboxylic acids is 1. The van der Waals surface area contributed by atoms with Crippen LogP contribution in [0.1, 0.15) is 26.2 Å². The van der Waals surface area contributed by atoms with Crippen molar-refractivity contribution in [1.29, 1.82) is 0 Å². The Morgan fingerprint density at radius 1 is 1.15 bits per heavy atom. The second-order valence-corrected chi connectivity index (χ2v) is 10.4. The zero-order chi connectivity index (χ0) is 29.3. The molecule has 8 nitrogen and oxygen atoms in total. The molecule has 41 heavy (non-hydrogen) atoms. The standard InChI is InChI=1S/C26H23ClFN5O3.C2H3F3/c27-19-6-2-4-14-3-1-5-17(21(14)19)23-22(28)24-18(11-29-23)25(32-26(31-24)36-10-9-20(34)35)33-12-15-7-8-16(13-33)30-15;1-2(3,4)5/h1-6,11,15-16,30H,7-10,12-13H2,(H,34,35);1H3. The molecule has 6 rings (SSSR count). The first-order valence-electron chi connectivity index (χ1n) is 12.9. The summed E-state index contributed by atoms with van der Waals surface area (Å²) in [5, 5.41) is 15.1. The van der Waals surface area contributed by atoms with Crippen LogP contribution < -0.4 is 15.0 Å². The number of anilines is 1. The Kier molecular flexibility index (Phi) is 8.14. The molecule has 0 saturated carbocycles. The van der Waals surface area contributed by atoms with E-state index in [1.165, 1.54) is 0 Å². The van der Waals surface area contributed by atoms with Crippen LogP contribution in [0.4, 0.5) is 23.4 Å². The van der Waals surface area contributed by atoms with Gasteiger partial charge in [0.2, 0.25) is 0 Å². The molecular formula is C28H26ClF4N5O3. The minimum absolute atomic E-state index is 0.0587. The maximum atomic E-state index is 16.2. The lowest BCUT2D eigenvalue weighted by atomic mass is 10.0. The number of alkyl halides is 3. The van der Waals surface area contributed by atoms with E-state index in [0.717, 1.165) is 31.3 Å². The third kappa shape index (κ3) is 6.59. The molecular weight excluding hydrogens is 566 g/mol. The van der Waals surface area contributed by atoms with Gasteiger partial charge in [-0.05, 0) is 24.3 Å². The van der Waals surface area contributed by atoms with Crippen molar-refractivity contribution in [2.24, 2.45) is 0 Å². The molecule has 2 bridgehead atoms. The predicted octanol–water partition coefficient (Wildman–Crippen LogP) is 6.00. The number of aromatic nitrogens is 3. The Bertz CT molecular complexity index is 1580. The summed E-state index contributed by atoms with van der Waals surface area (Å²) in [6, 6.07) is 11.7. The summed E-state index contributed by atoms with van der Waals surface area (Å²) in [7, 11) is 0. The van der Waals surface area contributed by atoms with Crippen LogP contribution in [0.3, 0.4) is 0 Å². The van der Waals surface area contributed by atoms with Gasteiger partial charge in [-0.15, -0.1) is 0 Å². The summed E-state index contributed by atoms with van der Waals surface area (Å²) in [5.74, 6) is -1.07. The summed E-state index contributed by atoms with van der Waals surface area (Å²) in [6.07, 6.45) is -0.466. The van der Waals surface area contributed by atoms with Crippen LogP contribution in [0.5, 0.6) is 6.01 Å². The van der Waals surface area contributed by atoms with Gasteiger partial charge in [-0.25, -0.2) is 4.39 Å². The smallest absolute Gasteiger partial charge is 0.386 e. The second-order valence-electron chi connectivity index (χ2n) is 9.97. The number of benzene rings is 2. The first kappa shape index (κ1) is 28.7. The largest absolute Gasteiger partial charge is 0.481 e. The lowest BCUT2D eigenvalue weighted by Gasteiger charge is -2.34. The van der Waals surface area contributed by atoms with Gasteiger partial charge >= 0.3 is 18.2 Å². The first-order valence-corrected chi connectivity index (χ1v) is 13.3. The molecule has 0 radical (unpaired) electrons. The molecule has 2 unspecified atom stereocenters. The van der Waals surface area contributed by atoms with Gasteiger partial charge in [0, 0.05) is 54.3 Å². The highest BCUT2D eigenvalue weighted by molar-refractivity contribution is 6.36. The van der Waals surface area contributed by atoms with E-state index in [4.69, 9.17) is 21.4 Å². The Morgan fingerprint density at radius 3 is 2.46 bits per heavy atom. The van der Waals surface area contributed by atoms with E-state index in [-0.39, 0.29) is 37.2 Å². The molecule has 2 aliphatic heterocycles. The van der Waals surface area contributed by atoms with Crippen molar-refractivity contribution in [3.63, 3.8) is 0 Å². The topological polar surface area (TPSA) is 100 Å². The fraction of sp³-hybridized carbons (Fsp3) is 0.357. The second kappa shape index (κ2) is 11.6. The number of fused-ring (bicyclic) bond motifs is 4. The summed E-state index contributed by atoms with van der Waals surface area (Å²) in [4.78, 5) is 26.5. The van der Waals surface area contributed by atoms with Crippen molar-refractivity contribution in [2.45, 2.75) is 44.4 Å².